The van der Waals surface area contributed by atoms with Gasteiger partial charge in [0.25, 0.3) is 0 Å². The fraction of sp³-hybridized carbons (Fsp3) is 0.316. The van der Waals surface area contributed by atoms with Crippen LogP contribution in [0.2, 0.25) is 10.0 Å². The first-order chi connectivity index (χ1) is 13.6. The molecule has 0 saturated heterocycles. The topological polar surface area (TPSA) is 75.7 Å². The molecule has 0 aromatic heterocycles. The molecule has 1 amide bonds. The first-order valence-electron chi connectivity index (χ1n) is 8.61. The summed E-state index contributed by atoms with van der Waals surface area (Å²) >= 11 is 15.4. The van der Waals surface area contributed by atoms with Crippen LogP contribution in [0.25, 0.3) is 0 Å². The molecule has 0 fully saturated rings. The first kappa shape index (κ1) is 24.1. The molecular formula is C19H21BrCl2N2O4S. The van der Waals surface area contributed by atoms with Crippen molar-refractivity contribution in [2.75, 3.05) is 20.3 Å². The zero-order chi connectivity index (χ0) is 21.6. The maximum absolute atomic E-state index is 13.2. The minimum Gasteiger partial charge on any atom is -0.383 e. The SMILES string of the molecule is COC[C@@H](C)NC(=O)CN(Cc1ccc(Cl)cc1Cl)S(=O)(=O)c1ccc(Br)cc1. The molecule has 2 aromatic carbocycles. The van der Waals surface area contributed by atoms with Crippen molar-refractivity contribution in [2.24, 2.45) is 0 Å². The van der Waals surface area contributed by atoms with Crippen LogP contribution in [0, 0.1) is 0 Å². The second-order valence-corrected chi connectivity index (χ2v) is 10.1. The number of nitrogens with zero attached hydrogens (tertiary/aromatic N) is 1. The Hall–Kier alpha value is -1.16. The molecule has 0 radical (unpaired) electrons. The normalized spacial score (nSPS) is 12.8. The van der Waals surface area contributed by atoms with Crippen molar-refractivity contribution in [2.45, 2.75) is 24.4 Å². The van der Waals surface area contributed by atoms with E-state index in [2.05, 4.69) is 21.2 Å². The van der Waals surface area contributed by atoms with E-state index in [1.54, 1.807) is 31.2 Å². The van der Waals surface area contributed by atoms with Crippen LogP contribution in [0.4, 0.5) is 0 Å². The van der Waals surface area contributed by atoms with E-state index < -0.39 is 15.9 Å². The van der Waals surface area contributed by atoms with E-state index in [-0.39, 0.29) is 24.0 Å². The van der Waals surface area contributed by atoms with Gasteiger partial charge < -0.3 is 10.1 Å². The van der Waals surface area contributed by atoms with Gasteiger partial charge in [-0.3, -0.25) is 4.79 Å². The zero-order valence-corrected chi connectivity index (χ0v) is 19.8. The first-order valence-corrected chi connectivity index (χ1v) is 11.6. The molecule has 1 N–H and O–H groups in total. The third kappa shape index (κ3) is 6.94. The summed E-state index contributed by atoms with van der Waals surface area (Å²) in [6.07, 6.45) is 0. The molecule has 10 heteroatoms. The van der Waals surface area contributed by atoms with E-state index in [4.69, 9.17) is 27.9 Å². The van der Waals surface area contributed by atoms with Crippen LogP contribution in [0.1, 0.15) is 12.5 Å². The van der Waals surface area contributed by atoms with Gasteiger partial charge >= 0.3 is 0 Å². The largest absolute Gasteiger partial charge is 0.383 e. The average Bonchev–Trinajstić information content (AvgIpc) is 2.63. The zero-order valence-electron chi connectivity index (χ0n) is 15.9. The number of hydrogen-bond donors (Lipinski definition) is 1. The highest BCUT2D eigenvalue weighted by Gasteiger charge is 2.28. The number of ether oxygens (including phenoxy) is 1. The monoisotopic (exact) mass is 522 g/mol. The number of benzene rings is 2. The van der Waals surface area contributed by atoms with Gasteiger partial charge in [-0.05, 0) is 48.9 Å². The maximum atomic E-state index is 13.2. The van der Waals surface area contributed by atoms with E-state index >= 15 is 0 Å². The fourth-order valence-corrected chi connectivity index (χ4v) is 4.70. The molecule has 0 aliphatic carbocycles. The molecular weight excluding hydrogens is 503 g/mol. The summed E-state index contributed by atoms with van der Waals surface area (Å²) in [6, 6.07) is 10.7. The van der Waals surface area contributed by atoms with Crippen LogP contribution >= 0.6 is 39.1 Å². The Morgan fingerprint density at radius 1 is 1.21 bits per heavy atom. The van der Waals surface area contributed by atoms with Gasteiger partial charge in [-0.25, -0.2) is 8.42 Å². The third-order valence-electron chi connectivity index (χ3n) is 3.96. The van der Waals surface area contributed by atoms with Crippen molar-refractivity contribution in [3.8, 4) is 0 Å². The summed E-state index contributed by atoms with van der Waals surface area (Å²) in [4.78, 5) is 12.5. The summed E-state index contributed by atoms with van der Waals surface area (Å²) in [5.41, 5.74) is 0.537. The van der Waals surface area contributed by atoms with Crippen molar-refractivity contribution in [1.29, 1.82) is 0 Å². The van der Waals surface area contributed by atoms with Crippen molar-refractivity contribution in [3.05, 3.63) is 62.5 Å². The number of methoxy groups -OCH3 is 1. The molecule has 0 unspecified atom stereocenters. The molecule has 0 spiro atoms. The standard InChI is InChI=1S/C19H21BrCl2N2O4S/c1-13(12-28-2)23-19(25)11-24(10-14-3-6-16(21)9-18(14)22)29(26,27)17-7-4-15(20)5-8-17/h3-9,13H,10-12H2,1-2H3,(H,23,25)/t13-/m1/s1. The molecule has 2 rings (SSSR count). The Balaban J connectivity index is 2.33. The van der Waals surface area contributed by atoms with Crippen molar-refractivity contribution in [3.63, 3.8) is 0 Å². The Morgan fingerprint density at radius 2 is 1.86 bits per heavy atom. The molecule has 0 aliphatic heterocycles. The summed E-state index contributed by atoms with van der Waals surface area (Å²) in [5.74, 6) is -0.444. The Kier molecular flexibility index (Phi) is 8.93. The molecule has 1 atom stereocenters. The average molecular weight is 524 g/mol. The summed E-state index contributed by atoms with van der Waals surface area (Å²) in [5, 5.41) is 3.48. The lowest BCUT2D eigenvalue weighted by molar-refractivity contribution is -0.122. The lowest BCUT2D eigenvalue weighted by Gasteiger charge is -2.23. The molecule has 2 aromatic rings. The molecule has 0 heterocycles. The van der Waals surface area contributed by atoms with Gasteiger partial charge in [0, 0.05) is 34.2 Å². The molecule has 6 nitrogen and oxygen atoms in total. The Labute approximate surface area is 189 Å². The summed E-state index contributed by atoms with van der Waals surface area (Å²) < 4.78 is 33.2. The van der Waals surface area contributed by atoms with Crippen LogP contribution in [0.5, 0.6) is 0 Å². The smallest absolute Gasteiger partial charge is 0.243 e. The lowest BCUT2D eigenvalue weighted by Crippen LogP contribution is -2.44. The van der Waals surface area contributed by atoms with E-state index in [1.807, 2.05) is 0 Å². The number of carbonyl (C=O) groups excluding carboxylic acids is 1. The summed E-state index contributed by atoms with van der Waals surface area (Å²) in [6.45, 7) is 1.63. The molecule has 0 aliphatic rings. The Morgan fingerprint density at radius 3 is 2.45 bits per heavy atom. The van der Waals surface area contributed by atoms with E-state index in [0.29, 0.717) is 22.2 Å². The van der Waals surface area contributed by atoms with E-state index in [1.165, 1.54) is 25.3 Å². The van der Waals surface area contributed by atoms with Crippen LogP contribution in [0.15, 0.2) is 51.8 Å². The van der Waals surface area contributed by atoms with E-state index in [0.717, 1.165) is 8.78 Å². The number of amides is 1. The predicted molar refractivity (Wildman–Crippen MR) is 118 cm³/mol. The van der Waals surface area contributed by atoms with Crippen LogP contribution in [0.3, 0.4) is 0 Å². The fourth-order valence-electron chi connectivity index (χ4n) is 2.59. The van der Waals surface area contributed by atoms with Crippen LogP contribution < -0.4 is 5.32 Å². The second kappa shape index (κ2) is 10.7. The van der Waals surface area contributed by atoms with Crippen molar-refractivity contribution >= 4 is 55.1 Å². The van der Waals surface area contributed by atoms with E-state index in [9.17, 15) is 13.2 Å². The van der Waals surface area contributed by atoms with Gasteiger partial charge in [0.2, 0.25) is 15.9 Å². The van der Waals surface area contributed by atoms with Crippen LogP contribution in [-0.2, 0) is 26.1 Å². The van der Waals surface area contributed by atoms with Gasteiger partial charge in [-0.1, -0.05) is 45.2 Å². The Bertz CT molecular complexity index is 955. The van der Waals surface area contributed by atoms with Crippen LogP contribution in [-0.4, -0.2) is 44.9 Å². The number of rotatable bonds is 9. The third-order valence-corrected chi connectivity index (χ3v) is 6.88. The summed E-state index contributed by atoms with van der Waals surface area (Å²) in [7, 11) is -2.43. The number of nitrogens with one attached hydrogen (secondary N) is 1. The minimum atomic E-state index is -3.96. The number of halogens is 3. The molecule has 0 bridgehead atoms. The van der Waals surface area contributed by atoms with Gasteiger partial charge in [0.15, 0.2) is 0 Å². The minimum absolute atomic E-state index is 0.0727. The second-order valence-electron chi connectivity index (χ2n) is 6.39. The predicted octanol–water partition coefficient (Wildman–Crippen LogP) is 4.10. The van der Waals surface area contributed by atoms with Gasteiger partial charge in [-0.2, -0.15) is 4.31 Å². The maximum Gasteiger partial charge on any atom is 0.243 e. The number of carbonyl (C=O) groups is 1. The highest BCUT2D eigenvalue weighted by Crippen LogP contribution is 2.25. The van der Waals surface area contributed by atoms with Crippen molar-refractivity contribution < 1.29 is 17.9 Å². The highest BCUT2D eigenvalue weighted by atomic mass is 79.9. The lowest BCUT2D eigenvalue weighted by atomic mass is 10.2. The van der Waals surface area contributed by atoms with Gasteiger partial charge in [0.1, 0.15) is 0 Å². The van der Waals surface area contributed by atoms with Gasteiger partial charge in [-0.15, -0.1) is 0 Å². The number of hydrogen-bond acceptors (Lipinski definition) is 4. The number of sulfonamides is 1. The quantitative estimate of drug-likeness (QED) is 0.537. The molecule has 29 heavy (non-hydrogen) atoms. The molecule has 158 valence electrons. The van der Waals surface area contributed by atoms with Crippen molar-refractivity contribution in [1.82, 2.24) is 9.62 Å². The molecule has 0 saturated carbocycles. The van der Waals surface area contributed by atoms with Gasteiger partial charge in [0.05, 0.1) is 18.0 Å². The highest BCUT2D eigenvalue weighted by molar-refractivity contribution is 9.10.